The molecule has 0 bridgehead atoms. The molecule has 3 aromatic rings. The molecule has 3 N–H and O–H groups in total. The molecular formula is C21H23ClN4. The average Bonchev–Trinajstić information content (AvgIpc) is 3.29. The largest absolute Gasteiger partial charge is 0.330 e. The van der Waals surface area contributed by atoms with Crippen LogP contribution in [0.25, 0.3) is 11.3 Å². The van der Waals surface area contributed by atoms with Crippen LogP contribution < -0.4 is 5.73 Å². The van der Waals surface area contributed by atoms with E-state index < -0.39 is 0 Å². The van der Waals surface area contributed by atoms with Crippen LogP contribution in [0.15, 0.2) is 60.8 Å². The van der Waals surface area contributed by atoms with Gasteiger partial charge in [-0.2, -0.15) is 5.10 Å². The van der Waals surface area contributed by atoms with Gasteiger partial charge in [0.05, 0.1) is 11.9 Å². The molecule has 2 heterocycles. The van der Waals surface area contributed by atoms with Crippen molar-refractivity contribution in [2.24, 2.45) is 11.7 Å². The molecule has 1 aliphatic rings. The third-order valence-corrected chi connectivity index (χ3v) is 5.51. The van der Waals surface area contributed by atoms with Gasteiger partial charge < -0.3 is 5.73 Å². The molecule has 0 amide bonds. The Kier molecular flexibility index (Phi) is 5.07. The number of nitrogens with two attached hydrogens (primary N) is 1. The van der Waals surface area contributed by atoms with Crippen molar-refractivity contribution >= 4 is 11.6 Å². The molecule has 134 valence electrons. The van der Waals surface area contributed by atoms with Crippen molar-refractivity contribution in [3.05, 3.63) is 76.9 Å². The molecule has 26 heavy (non-hydrogen) atoms. The van der Waals surface area contributed by atoms with Crippen molar-refractivity contribution in [3.8, 4) is 11.3 Å². The fourth-order valence-corrected chi connectivity index (χ4v) is 4.16. The minimum absolute atomic E-state index is 0.485. The molecule has 4 nitrogen and oxygen atoms in total. The van der Waals surface area contributed by atoms with E-state index in [1.54, 1.807) is 0 Å². The third kappa shape index (κ3) is 3.54. The summed E-state index contributed by atoms with van der Waals surface area (Å²) < 4.78 is 0. The van der Waals surface area contributed by atoms with Crippen LogP contribution in [0.3, 0.4) is 0 Å². The van der Waals surface area contributed by atoms with Gasteiger partial charge in [0.25, 0.3) is 0 Å². The van der Waals surface area contributed by atoms with Crippen molar-refractivity contribution in [2.45, 2.75) is 12.5 Å². The Morgan fingerprint density at radius 2 is 1.96 bits per heavy atom. The van der Waals surface area contributed by atoms with Gasteiger partial charge in [-0.05, 0) is 30.2 Å². The van der Waals surface area contributed by atoms with Crippen molar-refractivity contribution in [2.75, 3.05) is 19.6 Å². The lowest BCUT2D eigenvalue weighted by atomic mass is 9.89. The lowest BCUT2D eigenvalue weighted by Gasteiger charge is -2.17. The number of hydrogen-bond donors (Lipinski definition) is 2. The molecule has 2 aromatic carbocycles. The minimum Gasteiger partial charge on any atom is -0.330 e. The first-order chi connectivity index (χ1) is 12.7. The first-order valence-electron chi connectivity index (χ1n) is 9.00. The highest BCUT2D eigenvalue weighted by Crippen LogP contribution is 2.34. The topological polar surface area (TPSA) is 57.9 Å². The Balaban J connectivity index is 1.53. The number of rotatable bonds is 5. The molecule has 1 fully saturated rings. The highest BCUT2D eigenvalue weighted by molar-refractivity contribution is 6.30. The SMILES string of the molecule is NC[C@@H]1CN(Cc2cn[nH]c2-c2cccc(Cl)c2)C[C@H]1c1ccccc1. The van der Waals surface area contributed by atoms with Gasteiger partial charge in [-0.25, -0.2) is 0 Å². The highest BCUT2D eigenvalue weighted by atomic mass is 35.5. The van der Waals surface area contributed by atoms with E-state index in [1.165, 1.54) is 11.1 Å². The third-order valence-electron chi connectivity index (χ3n) is 5.27. The number of aromatic nitrogens is 2. The molecule has 1 aliphatic heterocycles. The van der Waals surface area contributed by atoms with E-state index >= 15 is 0 Å². The molecule has 5 heteroatoms. The van der Waals surface area contributed by atoms with Crippen LogP contribution in [-0.2, 0) is 6.54 Å². The van der Waals surface area contributed by atoms with Gasteiger partial charge in [-0.1, -0.05) is 54.1 Å². The number of halogens is 1. The molecule has 0 aliphatic carbocycles. The molecule has 4 rings (SSSR count). The van der Waals surface area contributed by atoms with Crippen molar-refractivity contribution in [3.63, 3.8) is 0 Å². The number of hydrogen-bond acceptors (Lipinski definition) is 3. The standard InChI is InChI=1S/C21H23ClN4/c22-19-8-4-7-16(9-19)21-18(11-24-25-21)13-26-12-17(10-23)20(14-26)15-5-2-1-3-6-15/h1-9,11,17,20H,10,12-14,23H2,(H,24,25)/t17-,20+/m1/s1. The Hall–Kier alpha value is -2.14. The molecule has 2 atom stereocenters. The van der Waals surface area contributed by atoms with E-state index in [1.807, 2.05) is 24.4 Å². The summed E-state index contributed by atoms with van der Waals surface area (Å²) in [5.74, 6) is 0.974. The molecular weight excluding hydrogens is 344 g/mol. The average molecular weight is 367 g/mol. The van der Waals surface area contributed by atoms with Crippen LogP contribution >= 0.6 is 11.6 Å². The second kappa shape index (κ2) is 7.62. The van der Waals surface area contributed by atoms with Gasteiger partial charge in [-0.3, -0.25) is 10.00 Å². The molecule has 0 saturated carbocycles. The summed E-state index contributed by atoms with van der Waals surface area (Å²) in [5, 5.41) is 8.13. The van der Waals surface area contributed by atoms with Gasteiger partial charge in [-0.15, -0.1) is 0 Å². The fraction of sp³-hybridized carbons (Fsp3) is 0.286. The summed E-state index contributed by atoms with van der Waals surface area (Å²) in [7, 11) is 0. The molecule has 1 aromatic heterocycles. The van der Waals surface area contributed by atoms with E-state index in [0.717, 1.165) is 35.9 Å². The normalized spacial score (nSPS) is 20.5. The summed E-state index contributed by atoms with van der Waals surface area (Å²) in [6.45, 7) is 3.60. The van der Waals surface area contributed by atoms with Crippen molar-refractivity contribution in [1.29, 1.82) is 0 Å². The number of nitrogens with one attached hydrogen (secondary N) is 1. The number of likely N-dealkylation sites (tertiary alicyclic amines) is 1. The van der Waals surface area contributed by atoms with Crippen LogP contribution in [0.2, 0.25) is 5.02 Å². The first kappa shape index (κ1) is 17.3. The molecule has 1 saturated heterocycles. The maximum atomic E-state index is 6.15. The zero-order chi connectivity index (χ0) is 17.9. The number of nitrogens with zero attached hydrogens (tertiary/aromatic N) is 2. The summed E-state index contributed by atoms with van der Waals surface area (Å²) in [6.07, 6.45) is 1.92. The second-order valence-corrected chi connectivity index (χ2v) is 7.42. The summed E-state index contributed by atoms with van der Waals surface area (Å²) >= 11 is 6.15. The molecule has 0 unspecified atom stereocenters. The van der Waals surface area contributed by atoms with Crippen molar-refractivity contribution in [1.82, 2.24) is 15.1 Å². The molecule has 0 spiro atoms. The molecule has 0 radical (unpaired) electrons. The van der Waals surface area contributed by atoms with Crippen LogP contribution in [0, 0.1) is 5.92 Å². The maximum Gasteiger partial charge on any atom is 0.0695 e. The zero-order valence-corrected chi connectivity index (χ0v) is 15.4. The van der Waals surface area contributed by atoms with Gasteiger partial charge in [0, 0.05) is 41.7 Å². The van der Waals surface area contributed by atoms with Gasteiger partial charge in [0.15, 0.2) is 0 Å². The smallest absolute Gasteiger partial charge is 0.0695 e. The van der Waals surface area contributed by atoms with E-state index in [4.69, 9.17) is 17.3 Å². The van der Waals surface area contributed by atoms with E-state index in [0.29, 0.717) is 18.4 Å². The van der Waals surface area contributed by atoms with Crippen LogP contribution in [0.4, 0.5) is 0 Å². The van der Waals surface area contributed by atoms with Crippen LogP contribution in [-0.4, -0.2) is 34.7 Å². The Morgan fingerprint density at radius 1 is 1.12 bits per heavy atom. The Morgan fingerprint density at radius 3 is 2.73 bits per heavy atom. The summed E-state index contributed by atoms with van der Waals surface area (Å²) in [4.78, 5) is 2.48. The minimum atomic E-state index is 0.485. The monoisotopic (exact) mass is 366 g/mol. The highest BCUT2D eigenvalue weighted by Gasteiger charge is 2.33. The van der Waals surface area contributed by atoms with Crippen LogP contribution in [0.1, 0.15) is 17.0 Å². The summed E-state index contributed by atoms with van der Waals surface area (Å²) in [6, 6.07) is 18.6. The number of H-pyrrole nitrogens is 1. The first-order valence-corrected chi connectivity index (χ1v) is 9.38. The Bertz CT molecular complexity index is 861. The fourth-order valence-electron chi connectivity index (χ4n) is 3.97. The lowest BCUT2D eigenvalue weighted by Crippen LogP contribution is -2.23. The Labute approximate surface area is 159 Å². The number of aromatic amines is 1. The number of benzene rings is 2. The maximum absolute atomic E-state index is 6.15. The lowest BCUT2D eigenvalue weighted by molar-refractivity contribution is 0.317. The van der Waals surface area contributed by atoms with Gasteiger partial charge in [0.1, 0.15) is 0 Å². The van der Waals surface area contributed by atoms with Crippen LogP contribution in [0.5, 0.6) is 0 Å². The van der Waals surface area contributed by atoms with Crippen molar-refractivity contribution < 1.29 is 0 Å². The van der Waals surface area contributed by atoms with Gasteiger partial charge >= 0.3 is 0 Å². The predicted octanol–water partition coefficient (Wildman–Crippen LogP) is 3.90. The summed E-state index contributed by atoms with van der Waals surface area (Å²) in [5.41, 5.74) is 10.8. The van der Waals surface area contributed by atoms with E-state index in [-0.39, 0.29) is 0 Å². The van der Waals surface area contributed by atoms with E-state index in [2.05, 4.69) is 51.5 Å². The van der Waals surface area contributed by atoms with Gasteiger partial charge in [0.2, 0.25) is 0 Å². The zero-order valence-electron chi connectivity index (χ0n) is 14.6. The quantitative estimate of drug-likeness (QED) is 0.719. The van der Waals surface area contributed by atoms with E-state index in [9.17, 15) is 0 Å². The second-order valence-electron chi connectivity index (χ2n) is 6.99. The predicted molar refractivity (Wildman–Crippen MR) is 106 cm³/mol.